The molecule has 90 valence electrons. The lowest BCUT2D eigenvalue weighted by Crippen LogP contribution is -2.30. The molecule has 0 bridgehead atoms. The maximum Gasteiger partial charge on any atom is 0.218 e. The van der Waals surface area contributed by atoms with E-state index in [-0.39, 0.29) is 11.9 Å². The van der Waals surface area contributed by atoms with Crippen LogP contribution < -0.4 is 11.1 Å². The molecule has 5 heteroatoms. The Morgan fingerprint density at radius 2 is 2.38 bits per heavy atom. The topological polar surface area (TPSA) is 72.9 Å². The lowest BCUT2D eigenvalue weighted by atomic mass is 10.2. The van der Waals surface area contributed by atoms with Gasteiger partial charge in [-0.2, -0.15) is 5.10 Å². The third-order valence-corrected chi connectivity index (χ3v) is 2.48. The first-order chi connectivity index (χ1) is 7.52. The van der Waals surface area contributed by atoms with E-state index in [1.54, 1.807) is 0 Å². The highest BCUT2D eigenvalue weighted by atomic mass is 16.1. The first kappa shape index (κ1) is 12.7. The van der Waals surface area contributed by atoms with Gasteiger partial charge in [0.25, 0.3) is 0 Å². The summed E-state index contributed by atoms with van der Waals surface area (Å²) in [7, 11) is 1.91. The molecule has 0 spiro atoms. The lowest BCUT2D eigenvalue weighted by Gasteiger charge is -2.11. The summed E-state index contributed by atoms with van der Waals surface area (Å²) in [6.07, 6.45) is 3.28. The van der Waals surface area contributed by atoms with Gasteiger partial charge in [-0.25, -0.2) is 0 Å². The van der Waals surface area contributed by atoms with Crippen molar-refractivity contribution < 1.29 is 4.79 Å². The summed E-state index contributed by atoms with van der Waals surface area (Å²) in [5.41, 5.74) is 7.41. The van der Waals surface area contributed by atoms with Crippen LogP contribution in [0.2, 0.25) is 0 Å². The molecule has 0 radical (unpaired) electrons. The standard InChI is InChI=1S/C11H20N4O/c1-4-10-9(7-15(3)14-10)6-13-8(2)5-11(12)16/h7-8,13H,4-6H2,1-3H3,(H2,12,16). The fraction of sp³-hybridized carbons (Fsp3) is 0.636. The molecule has 3 N–H and O–H groups in total. The van der Waals surface area contributed by atoms with Gasteiger partial charge in [0, 0.05) is 37.8 Å². The fourth-order valence-electron chi connectivity index (χ4n) is 1.69. The van der Waals surface area contributed by atoms with Crippen LogP contribution in [0.4, 0.5) is 0 Å². The Morgan fingerprint density at radius 3 is 2.94 bits per heavy atom. The van der Waals surface area contributed by atoms with Gasteiger partial charge in [0.05, 0.1) is 5.69 Å². The minimum atomic E-state index is -0.276. The Kier molecular flexibility index (Phi) is 4.49. The molecule has 1 unspecified atom stereocenters. The second kappa shape index (κ2) is 5.65. The first-order valence-corrected chi connectivity index (χ1v) is 5.56. The van der Waals surface area contributed by atoms with E-state index in [9.17, 15) is 4.79 Å². The second-order valence-electron chi connectivity index (χ2n) is 4.08. The number of nitrogens with zero attached hydrogens (tertiary/aromatic N) is 2. The Balaban J connectivity index is 2.50. The predicted molar refractivity (Wildman–Crippen MR) is 62.7 cm³/mol. The zero-order valence-electron chi connectivity index (χ0n) is 10.2. The van der Waals surface area contributed by atoms with Crippen LogP contribution in [0.25, 0.3) is 0 Å². The molecular formula is C11H20N4O. The number of aryl methyl sites for hydroxylation is 2. The summed E-state index contributed by atoms with van der Waals surface area (Å²) >= 11 is 0. The van der Waals surface area contributed by atoms with Crippen molar-refractivity contribution in [3.8, 4) is 0 Å². The summed E-state index contributed by atoms with van der Waals surface area (Å²) < 4.78 is 1.81. The van der Waals surface area contributed by atoms with Crippen molar-refractivity contribution in [3.05, 3.63) is 17.5 Å². The summed E-state index contributed by atoms with van der Waals surface area (Å²) in [5.74, 6) is -0.276. The molecule has 1 amide bonds. The number of carbonyl (C=O) groups excluding carboxylic acids is 1. The number of carbonyl (C=O) groups is 1. The molecule has 0 aromatic carbocycles. The average Bonchev–Trinajstić information content (AvgIpc) is 2.55. The van der Waals surface area contributed by atoms with E-state index in [0.717, 1.165) is 18.7 Å². The van der Waals surface area contributed by atoms with Crippen LogP contribution in [0.15, 0.2) is 6.20 Å². The van der Waals surface area contributed by atoms with Crippen LogP contribution in [0, 0.1) is 0 Å². The zero-order valence-corrected chi connectivity index (χ0v) is 10.2. The molecule has 1 heterocycles. The van der Waals surface area contributed by atoms with Gasteiger partial charge in [-0.1, -0.05) is 6.92 Å². The number of amides is 1. The molecule has 1 rings (SSSR count). The van der Waals surface area contributed by atoms with Crippen LogP contribution in [-0.2, 0) is 24.8 Å². The van der Waals surface area contributed by atoms with Crippen LogP contribution in [0.5, 0.6) is 0 Å². The van der Waals surface area contributed by atoms with Crippen LogP contribution >= 0.6 is 0 Å². The largest absolute Gasteiger partial charge is 0.370 e. The van der Waals surface area contributed by atoms with Crippen LogP contribution in [-0.4, -0.2) is 21.7 Å². The highest BCUT2D eigenvalue weighted by Crippen LogP contribution is 2.07. The van der Waals surface area contributed by atoms with Crippen molar-refractivity contribution in [2.45, 2.75) is 39.3 Å². The molecule has 0 aliphatic heterocycles. The van der Waals surface area contributed by atoms with E-state index in [2.05, 4.69) is 17.3 Å². The molecule has 1 atom stereocenters. The average molecular weight is 224 g/mol. The maximum absolute atomic E-state index is 10.7. The number of nitrogens with one attached hydrogen (secondary N) is 1. The zero-order chi connectivity index (χ0) is 12.1. The van der Waals surface area contributed by atoms with Crippen molar-refractivity contribution >= 4 is 5.91 Å². The van der Waals surface area contributed by atoms with Crippen LogP contribution in [0.3, 0.4) is 0 Å². The lowest BCUT2D eigenvalue weighted by molar-refractivity contribution is -0.118. The third kappa shape index (κ3) is 3.66. The summed E-state index contributed by atoms with van der Waals surface area (Å²) in [5, 5.41) is 7.62. The van der Waals surface area contributed by atoms with E-state index >= 15 is 0 Å². The molecule has 0 aliphatic rings. The van der Waals surface area contributed by atoms with Gasteiger partial charge in [0.2, 0.25) is 5.91 Å². The number of hydrogen-bond donors (Lipinski definition) is 2. The Bertz CT molecular complexity index is 359. The number of primary amides is 1. The van der Waals surface area contributed by atoms with Gasteiger partial charge < -0.3 is 11.1 Å². The van der Waals surface area contributed by atoms with Crippen molar-refractivity contribution in [2.75, 3.05) is 0 Å². The molecule has 0 fully saturated rings. The minimum absolute atomic E-state index is 0.0995. The minimum Gasteiger partial charge on any atom is -0.370 e. The molecule has 1 aromatic rings. The number of rotatable bonds is 6. The third-order valence-electron chi connectivity index (χ3n) is 2.48. The Hall–Kier alpha value is -1.36. The normalized spacial score (nSPS) is 12.7. The molecule has 16 heavy (non-hydrogen) atoms. The summed E-state index contributed by atoms with van der Waals surface area (Å²) in [6, 6.07) is 0.0995. The van der Waals surface area contributed by atoms with E-state index in [4.69, 9.17) is 5.73 Å². The van der Waals surface area contributed by atoms with Gasteiger partial charge in [-0.05, 0) is 13.3 Å². The van der Waals surface area contributed by atoms with Gasteiger partial charge >= 0.3 is 0 Å². The van der Waals surface area contributed by atoms with E-state index in [1.165, 1.54) is 5.56 Å². The molecule has 1 aromatic heterocycles. The van der Waals surface area contributed by atoms with Gasteiger partial charge in [0.1, 0.15) is 0 Å². The van der Waals surface area contributed by atoms with Gasteiger partial charge in [0.15, 0.2) is 0 Å². The molecular weight excluding hydrogens is 204 g/mol. The molecule has 0 aliphatic carbocycles. The van der Waals surface area contributed by atoms with Crippen molar-refractivity contribution in [1.29, 1.82) is 0 Å². The quantitative estimate of drug-likeness (QED) is 0.731. The molecule has 5 nitrogen and oxygen atoms in total. The van der Waals surface area contributed by atoms with Gasteiger partial charge in [-0.3, -0.25) is 9.48 Å². The smallest absolute Gasteiger partial charge is 0.218 e. The van der Waals surface area contributed by atoms with Gasteiger partial charge in [-0.15, -0.1) is 0 Å². The highest BCUT2D eigenvalue weighted by Gasteiger charge is 2.09. The number of nitrogens with two attached hydrogens (primary N) is 1. The molecule has 0 saturated carbocycles. The first-order valence-electron chi connectivity index (χ1n) is 5.56. The van der Waals surface area contributed by atoms with Crippen molar-refractivity contribution in [2.24, 2.45) is 12.8 Å². The SMILES string of the molecule is CCc1nn(C)cc1CNC(C)CC(N)=O. The molecule has 0 saturated heterocycles. The van der Waals surface area contributed by atoms with E-state index in [0.29, 0.717) is 6.42 Å². The van der Waals surface area contributed by atoms with E-state index in [1.807, 2.05) is 24.9 Å². The highest BCUT2D eigenvalue weighted by molar-refractivity contribution is 5.74. The van der Waals surface area contributed by atoms with Crippen molar-refractivity contribution in [1.82, 2.24) is 15.1 Å². The second-order valence-corrected chi connectivity index (χ2v) is 4.08. The Morgan fingerprint density at radius 1 is 1.69 bits per heavy atom. The van der Waals surface area contributed by atoms with Crippen LogP contribution in [0.1, 0.15) is 31.5 Å². The number of hydrogen-bond acceptors (Lipinski definition) is 3. The summed E-state index contributed by atoms with van der Waals surface area (Å²) in [4.78, 5) is 10.7. The maximum atomic E-state index is 10.7. The predicted octanol–water partition coefficient (Wildman–Crippen LogP) is 0.336. The fourth-order valence-corrected chi connectivity index (χ4v) is 1.69. The number of aromatic nitrogens is 2. The monoisotopic (exact) mass is 224 g/mol. The van der Waals surface area contributed by atoms with Crippen molar-refractivity contribution in [3.63, 3.8) is 0 Å². The summed E-state index contributed by atoms with van der Waals surface area (Å²) in [6.45, 7) is 4.76. The Labute approximate surface area is 96.0 Å². The van der Waals surface area contributed by atoms with E-state index < -0.39 is 0 Å².